The fraction of sp³-hybridized carbons (Fsp3) is 0.548. The fourth-order valence-electron chi connectivity index (χ4n) is 5.90. The summed E-state index contributed by atoms with van der Waals surface area (Å²) < 4.78 is 13.4. The van der Waals surface area contributed by atoms with E-state index in [-0.39, 0.29) is 28.9 Å². The number of likely N-dealkylation sites (tertiary alicyclic amines) is 2. The Morgan fingerprint density at radius 2 is 1.74 bits per heavy atom. The second kappa shape index (κ2) is 13.7. The van der Waals surface area contributed by atoms with E-state index in [2.05, 4.69) is 47.3 Å². The first-order chi connectivity index (χ1) is 18.7. The molecule has 2 heterocycles. The summed E-state index contributed by atoms with van der Waals surface area (Å²) in [6, 6.07) is 11.0. The van der Waals surface area contributed by atoms with Gasteiger partial charge in [0.05, 0.1) is 5.02 Å². The van der Waals surface area contributed by atoms with Crippen molar-refractivity contribution < 1.29 is 14.0 Å². The lowest BCUT2D eigenvalue weighted by atomic mass is 9.95. The van der Waals surface area contributed by atoms with Crippen LogP contribution in [-0.2, 0) is 0 Å². The highest BCUT2D eigenvalue weighted by atomic mass is 35.5. The molecule has 0 radical (unpaired) electrons. The van der Waals surface area contributed by atoms with Crippen LogP contribution in [0.1, 0.15) is 90.3 Å². The Kier molecular flexibility index (Phi) is 10.4. The van der Waals surface area contributed by atoms with Crippen molar-refractivity contribution >= 4 is 23.4 Å². The van der Waals surface area contributed by atoms with Crippen molar-refractivity contribution in [3.8, 4) is 0 Å². The number of nitrogens with zero attached hydrogens (tertiary/aromatic N) is 2. The van der Waals surface area contributed by atoms with Crippen molar-refractivity contribution in [2.45, 2.75) is 77.4 Å². The second-order valence-electron chi connectivity index (χ2n) is 11.2. The van der Waals surface area contributed by atoms with Crippen molar-refractivity contribution in [3.05, 3.63) is 69.5 Å². The van der Waals surface area contributed by atoms with Crippen molar-refractivity contribution in [3.63, 3.8) is 0 Å². The number of amides is 2. The molecular formula is C31H42ClFN4O2. The molecule has 0 aliphatic carbocycles. The first-order valence-electron chi connectivity index (χ1n) is 14.4. The molecule has 4 rings (SSSR count). The molecule has 2 N–H and O–H groups in total. The molecule has 2 atom stereocenters. The van der Waals surface area contributed by atoms with E-state index in [0.717, 1.165) is 44.5 Å². The highest BCUT2D eigenvalue weighted by Gasteiger charge is 2.26. The number of nitrogens with one attached hydrogen (secondary N) is 2. The van der Waals surface area contributed by atoms with Gasteiger partial charge in [0.1, 0.15) is 5.82 Å². The third-order valence-electron chi connectivity index (χ3n) is 8.42. The SMILES string of the molecule is Cc1cc(C(=O)NCCCN2CCCCC2C)ccc1C(C)N1CCC(NC(=O)c2ccc(F)c(Cl)c2)CC1. The number of piperidine rings is 2. The Labute approximate surface area is 237 Å². The Morgan fingerprint density at radius 3 is 2.44 bits per heavy atom. The molecule has 212 valence electrons. The zero-order valence-corrected chi connectivity index (χ0v) is 24.2. The molecule has 2 amide bonds. The molecule has 2 aliphatic rings. The minimum atomic E-state index is -0.530. The molecule has 6 nitrogen and oxygen atoms in total. The number of aryl methyl sites for hydroxylation is 1. The number of halogens is 2. The number of carbonyl (C=O) groups is 2. The Bertz CT molecular complexity index is 1150. The van der Waals surface area contributed by atoms with Gasteiger partial charge >= 0.3 is 0 Å². The van der Waals surface area contributed by atoms with E-state index in [1.165, 1.54) is 49.6 Å². The van der Waals surface area contributed by atoms with E-state index in [4.69, 9.17) is 11.6 Å². The van der Waals surface area contributed by atoms with Crippen LogP contribution < -0.4 is 10.6 Å². The summed E-state index contributed by atoms with van der Waals surface area (Å²) >= 11 is 5.83. The van der Waals surface area contributed by atoms with Crippen LogP contribution in [0.25, 0.3) is 0 Å². The van der Waals surface area contributed by atoms with Gasteiger partial charge in [-0.25, -0.2) is 4.39 Å². The molecule has 39 heavy (non-hydrogen) atoms. The fourth-order valence-corrected chi connectivity index (χ4v) is 6.08. The summed E-state index contributed by atoms with van der Waals surface area (Å²) in [4.78, 5) is 30.3. The first-order valence-corrected chi connectivity index (χ1v) is 14.7. The molecule has 0 spiro atoms. The number of hydrogen-bond donors (Lipinski definition) is 2. The van der Waals surface area contributed by atoms with Crippen LogP contribution >= 0.6 is 11.6 Å². The van der Waals surface area contributed by atoms with Crippen molar-refractivity contribution in [1.29, 1.82) is 0 Å². The van der Waals surface area contributed by atoms with Crippen molar-refractivity contribution in [1.82, 2.24) is 20.4 Å². The predicted octanol–water partition coefficient (Wildman–Crippen LogP) is 5.74. The summed E-state index contributed by atoms with van der Waals surface area (Å²) in [7, 11) is 0. The van der Waals surface area contributed by atoms with Crippen LogP contribution in [0.2, 0.25) is 5.02 Å². The second-order valence-corrected chi connectivity index (χ2v) is 11.6. The number of hydrogen-bond acceptors (Lipinski definition) is 4. The van der Waals surface area contributed by atoms with Gasteiger partial charge in [0.2, 0.25) is 0 Å². The Balaban J connectivity index is 1.23. The maximum Gasteiger partial charge on any atom is 0.251 e. The molecular weight excluding hydrogens is 515 g/mol. The van der Waals surface area contributed by atoms with Crippen LogP contribution in [0.5, 0.6) is 0 Å². The summed E-state index contributed by atoms with van der Waals surface area (Å²) in [6.07, 6.45) is 6.52. The molecule has 2 aliphatic heterocycles. The van der Waals surface area contributed by atoms with Gasteiger partial charge in [-0.3, -0.25) is 14.5 Å². The van der Waals surface area contributed by atoms with Gasteiger partial charge in [-0.2, -0.15) is 0 Å². The maximum absolute atomic E-state index is 13.4. The van der Waals surface area contributed by atoms with Gasteiger partial charge in [-0.1, -0.05) is 24.1 Å². The zero-order chi connectivity index (χ0) is 27.9. The molecule has 2 saturated heterocycles. The largest absolute Gasteiger partial charge is 0.352 e. The normalized spacial score (nSPS) is 20.0. The third-order valence-corrected chi connectivity index (χ3v) is 8.71. The van der Waals surface area contributed by atoms with Crippen LogP contribution in [0, 0.1) is 12.7 Å². The third kappa shape index (κ3) is 7.80. The lowest BCUT2D eigenvalue weighted by molar-refractivity contribution is 0.0894. The first kappa shape index (κ1) is 29.5. The average molecular weight is 557 g/mol. The number of rotatable bonds is 9. The molecule has 0 aromatic heterocycles. The van der Waals surface area contributed by atoms with Crippen molar-refractivity contribution in [2.75, 3.05) is 32.7 Å². The smallest absolute Gasteiger partial charge is 0.251 e. The minimum absolute atomic E-state index is 0.0111. The minimum Gasteiger partial charge on any atom is -0.352 e. The molecule has 2 aromatic rings. The standard InChI is InChI=1S/C31H42ClFN4O2/c1-21-19-24(30(38)34-14-6-16-36-15-5-4-7-22(36)2)8-10-27(21)23(3)37-17-12-26(13-18-37)35-31(39)25-9-11-29(33)28(32)20-25/h8-11,19-20,22-23,26H,4-7,12-18H2,1-3H3,(H,34,38)(H,35,39). The lowest BCUT2D eigenvalue weighted by Crippen LogP contribution is -2.45. The van der Waals surface area contributed by atoms with Gasteiger partial charge in [0, 0.05) is 55.4 Å². The van der Waals surface area contributed by atoms with Gasteiger partial charge in [0.25, 0.3) is 11.8 Å². The molecule has 0 saturated carbocycles. The average Bonchev–Trinajstić information content (AvgIpc) is 2.93. The maximum atomic E-state index is 13.4. The molecule has 8 heteroatoms. The van der Waals surface area contributed by atoms with E-state index in [9.17, 15) is 14.0 Å². The van der Waals surface area contributed by atoms with Gasteiger partial charge in [-0.05, 0) is 101 Å². The topological polar surface area (TPSA) is 64.7 Å². The summed E-state index contributed by atoms with van der Waals surface area (Å²) in [5.41, 5.74) is 3.40. The quantitative estimate of drug-likeness (QED) is 0.387. The van der Waals surface area contributed by atoms with Gasteiger partial charge in [-0.15, -0.1) is 0 Å². The van der Waals surface area contributed by atoms with E-state index >= 15 is 0 Å². The van der Waals surface area contributed by atoms with E-state index < -0.39 is 5.82 Å². The number of carbonyl (C=O) groups excluding carboxylic acids is 2. The Morgan fingerprint density at radius 1 is 1.03 bits per heavy atom. The van der Waals surface area contributed by atoms with Crippen LogP contribution in [0.15, 0.2) is 36.4 Å². The summed E-state index contributed by atoms with van der Waals surface area (Å²) in [6.45, 7) is 11.2. The number of benzene rings is 2. The summed E-state index contributed by atoms with van der Waals surface area (Å²) in [5, 5.41) is 6.11. The molecule has 2 fully saturated rings. The van der Waals surface area contributed by atoms with Crippen LogP contribution in [-0.4, -0.2) is 66.4 Å². The lowest BCUT2D eigenvalue weighted by Gasteiger charge is -2.37. The van der Waals surface area contributed by atoms with Gasteiger partial charge < -0.3 is 15.5 Å². The van der Waals surface area contributed by atoms with Gasteiger partial charge in [0.15, 0.2) is 0 Å². The predicted molar refractivity (Wildman–Crippen MR) is 155 cm³/mol. The molecule has 2 unspecified atom stereocenters. The van der Waals surface area contributed by atoms with Crippen molar-refractivity contribution in [2.24, 2.45) is 0 Å². The summed E-state index contributed by atoms with van der Waals surface area (Å²) in [5.74, 6) is -0.769. The molecule has 2 aromatic carbocycles. The zero-order valence-electron chi connectivity index (χ0n) is 23.4. The van der Waals surface area contributed by atoms with E-state index in [1.807, 2.05) is 12.1 Å². The highest BCUT2D eigenvalue weighted by Crippen LogP contribution is 2.27. The van der Waals surface area contributed by atoms with Crippen LogP contribution in [0.3, 0.4) is 0 Å². The van der Waals surface area contributed by atoms with E-state index in [1.54, 1.807) is 0 Å². The van der Waals surface area contributed by atoms with Crippen LogP contribution in [0.4, 0.5) is 4.39 Å². The highest BCUT2D eigenvalue weighted by molar-refractivity contribution is 6.31. The van der Waals surface area contributed by atoms with E-state index in [0.29, 0.717) is 23.7 Å². The molecule has 0 bridgehead atoms. The Hall–Kier alpha value is -2.48. The monoisotopic (exact) mass is 556 g/mol.